The molecule has 148 valence electrons. The van der Waals surface area contributed by atoms with E-state index < -0.39 is 29.7 Å². The van der Waals surface area contributed by atoms with Crippen molar-refractivity contribution in [3.8, 4) is 0 Å². The molecule has 3 aromatic heterocycles. The molecule has 1 amide bonds. The van der Waals surface area contributed by atoms with Gasteiger partial charge in [0.15, 0.2) is 17.8 Å². The van der Waals surface area contributed by atoms with Gasteiger partial charge >= 0.3 is 11.7 Å². The quantitative estimate of drug-likeness (QED) is 0.507. The summed E-state index contributed by atoms with van der Waals surface area (Å²) in [6, 6.07) is 3.44. The van der Waals surface area contributed by atoms with Crippen LogP contribution in [0.1, 0.15) is 5.76 Å². The first kappa shape index (κ1) is 19.1. The molecule has 0 N–H and O–H groups in total. The molecule has 0 fully saturated rings. The molecule has 0 saturated heterocycles. The van der Waals surface area contributed by atoms with E-state index in [9.17, 15) is 19.2 Å². The van der Waals surface area contributed by atoms with E-state index in [1.54, 1.807) is 19.2 Å². The summed E-state index contributed by atoms with van der Waals surface area (Å²) < 4.78 is 13.6. The maximum Gasteiger partial charge on any atom is 0.332 e. The molecule has 28 heavy (non-hydrogen) atoms. The fourth-order valence-corrected chi connectivity index (χ4v) is 2.68. The van der Waals surface area contributed by atoms with Gasteiger partial charge in [0.2, 0.25) is 0 Å². The van der Waals surface area contributed by atoms with Gasteiger partial charge < -0.3 is 18.6 Å². The summed E-state index contributed by atoms with van der Waals surface area (Å²) in [6.45, 7) is -0.516. The third-order valence-corrected chi connectivity index (χ3v) is 4.27. The van der Waals surface area contributed by atoms with Crippen molar-refractivity contribution in [3.05, 3.63) is 51.3 Å². The molecule has 0 aromatic carbocycles. The molecule has 0 radical (unpaired) electrons. The Morgan fingerprint density at radius 2 is 2.00 bits per heavy atom. The van der Waals surface area contributed by atoms with Gasteiger partial charge in [0.05, 0.1) is 19.1 Å². The molecule has 0 aliphatic rings. The smallest absolute Gasteiger partial charge is 0.332 e. The molecule has 0 unspecified atom stereocenters. The van der Waals surface area contributed by atoms with Crippen LogP contribution in [0.4, 0.5) is 0 Å². The van der Waals surface area contributed by atoms with Crippen molar-refractivity contribution >= 4 is 23.0 Å². The van der Waals surface area contributed by atoms with Crippen LogP contribution in [-0.4, -0.2) is 49.1 Å². The van der Waals surface area contributed by atoms with E-state index in [1.807, 2.05) is 0 Å². The van der Waals surface area contributed by atoms with Gasteiger partial charge in [-0.05, 0) is 12.1 Å². The number of imidazole rings is 1. The molecular weight excluding hydrogens is 370 g/mol. The highest BCUT2D eigenvalue weighted by Gasteiger charge is 2.18. The van der Waals surface area contributed by atoms with Crippen LogP contribution in [0.25, 0.3) is 11.2 Å². The number of rotatable bonds is 6. The van der Waals surface area contributed by atoms with Crippen molar-refractivity contribution in [2.24, 2.45) is 14.1 Å². The zero-order valence-corrected chi connectivity index (χ0v) is 15.6. The lowest BCUT2D eigenvalue weighted by atomic mass is 10.4. The molecule has 3 heterocycles. The molecule has 3 aromatic rings. The average Bonchev–Trinajstić information content (AvgIpc) is 3.32. The highest BCUT2D eigenvalue weighted by molar-refractivity contribution is 5.81. The Labute approximate surface area is 158 Å². The number of likely N-dealkylation sites (N-methyl/N-ethyl adjacent to an activating group) is 1. The van der Waals surface area contributed by atoms with Crippen LogP contribution in [0.15, 0.2) is 38.7 Å². The van der Waals surface area contributed by atoms with E-state index in [2.05, 4.69) is 4.98 Å². The summed E-state index contributed by atoms with van der Waals surface area (Å²) in [4.78, 5) is 53.8. The summed E-state index contributed by atoms with van der Waals surface area (Å²) in [6.07, 6.45) is 2.78. The fourth-order valence-electron chi connectivity index (χ4n) is 2.68. The molecule has 0 spiro atoms. The summed E-state index contributed by atoms with van der Waals surface area (Å²) in [5.74, 6) is -0.512. The average molecular weight is 389 g/mol. The Balaban J connectivity index is 1.66. The van der Waals surface area contributed by atoms with Gasteiger partial charge in [0.1, 0.15) is 12.3 Å². The van der Waals surface area contributed by atoms with E-state index in [0.29, 0.717) is 5.76 Å². The Kier molecular flexibility index (Phi) is 5.16. The summed E-state index contributed by atoms with van der Waals surface area (Å²) >= 11 is 0. The van der Waals surface area contributed by atoms with E-state index in [4.69, 9.17) is 9.15 Å². The number of esters is 1. The van der Waals surface area contributed by atoms with Gasteiger partial charge in [0.25, 0.3) is 11.5 Å². The lowest BCUT2D eigenvalue weighted by molar-refractivity contribution is -0.152. The summed E-state index contributed by atoms with van der Waals surface area (Å²) in [5.41, 5.74) is -0.828. The van der Waals surface area contributed by atoms with Gasteiger partial charge in [-0.2, -0.15) is 0 Å². The van der Waals surface area contributed by atoms with E-state index in [0.717, 1.165) is 4.57 Å². The Morgan fingerprint density at radius 3 is 2.68 bits per heavy atom. The largest absolute Gasteiger partial charge is 0.467 e. The van der Waals surface area contributed by atoms with Crippen molar-refractivity contribution < 1.29 is 18.7 Å². The third kappa shape index (κ3) is 3.59. The fraction of sp³-hybridized carbons (Fsp3) is 0.353. The number of nitrogens with zero attached hydrogens (tertiary/aromatic N) is 5. The molecule has 11 nitrogen and oxygen atoms in total. The number of aryl methyl sites for hydroxylation is 1. The monoisotopic (exact) mass is 389 g/mol. The van der Waals surface area contributed by atoms with Gasteiger partial charge in [-0.3, -0.25) is 23.5 Å². The highest BCUT2D eigenvalue weighted by atomic mass is 16.5. The Morgan fingerprint density at radius 1 is 1.25 bits per heavy atom. The number of carbonyl (C=O) groups is 2. The Hall–Kier alpha value is -3.63. The SMILES string of the molecule is CN(Cc1ccco1)C(=O)COC(=O)Cn1cnc2c1c(=O)n(C)c(=O)n2C. The number of amides is 1. The van der Waals surface area contributed by atoms with Crippen molar-refractivity contribution in [1.29, 1.82) is 0 Å². The first-order chi connectivity index (χ1) is 13.3. The van der Waals surface area contributed by atoms with Crippen molar-refractivity contribution in [2.45, 2.75) is 13.1 Å². The lowest BCUT2D eigenvalue weighted by Gasteiger charge is -2.15. The number of aromatic nitrogens is 4. The molecule has 3 rings (SSSR count). The van der Waals surface area contributed by atoms with Crippen LogP contribution >= 0.6 is 0 Å². The Bertz CT molecular complexity index is 1140. The van der Waals surface area contributed by atoms with Gasteiger partial charge in [0, 0.05) is 21.1 Å². The topological polar surface area (TPSA) is 122 Å². The van der Waals surface area contributed by atoms with Gasteiger partial charge in [-0.1, -0.05) is 0 Å². The lowest BCUT2D eigenvalue weighted by Crippen LogP contribution is -2.37. The van der Waals surface area contributed by atoms with Gasteiger partial charge in [-0.15, -0.1) is 0 Å². The van der Waals surface area contributed by atoms with E-state index in [-0.39, 0.29) is 24.3 Å². The van der Waals surface area contributed by atoms with Crippen LogP contribution in [0.3, 0.4) is 0 Å². The summed E-state index contributed by atoms with van der Waals surface area (Å²) in [5, 5.41) is 0. The minimum Gasteiger partial charge on any atom is -0.467 e. The second-order valence-electron chi connectivity index (χ2n) is 6.24. The zero-order valence-electron chi connectivity index (χ0n) is 15.6. The highest BCUT2D eigenvalue weighted by Crippen LogP contribution is 2.06. The molecule has 11 heteroatoms. The van der Waals surface area contributed by atoms with Gasteiger partial charge in [-0.25, -0.2) is 9.78 Å². The van der Waals surface area contributed by atoms with Crippen LogP contribution < -0.4 is 11.2 Å². The minimum absolute atomic E-state index is 0.0998. The van der Waals surface area contributed by atoms with Crippen molar-refractivity contribution in [1.82, 2.24) is 23.6 Å². The van der Waals surface area contributed by atoms with Crippen LogP contribution in [0, 0.1) is 0 Å². The van der Waals surface area contributed by atoms with Crippen LogP contribution in [0.5, 0.6) is 0 Å². The standard InChI is InChI=1S/C17H19N5O6/c1-19(7-11-5-4-6-27-11)12(23)9-28-13(24)8-22-10-18-15-14(22)16(25)21(3)17(26)20(15)2/h4-6,10H,7-9H2,1-3H3. The maximum atomic E-state index is 12.3. The number of fused-ring (bicyclic) bond motifs is 1. The number of carbonyl (C=O) groups excluding carboxylic acids is 2. The van der Waals surface area contributed by atoms with Crippen molar-refractivity contribution in [2.75, 3.05) is 13.7 Å². The summed E-state index contributed by atoms with van der Waals surface area (Å²) in [7, 11) is 4.38. The molecule has 0 bridgehead atoms. The van der Waals surface area contributed by atoms with Crippen LogP contribution in [-0.2, 0) is 41.5 Å². The molecule has 0 atom stereocenters. The second-order valence-corrected chi connectivity index (χ2v) is 6.24. The maximum absolute atomic E-state index is 12.3. The van der Waals surface area contributed by atoms with E-state index in [1.165, 1.54) is 40.7 Å². The molecular formula is C17H19N5O6. The van der Waals surface area contributed by atoms with Crippen LogP contribution in [0.2, 0.25) is 0 Å². The second kappa shape index (κ2) is 7.55. The zero-order chi connectivity index (χ0) is 20.4. The third-order valence-electron chi connectivity index (χ3n) is 4.27. The first-order valence-electron chi connectivity index (χ1n) is 8.32. The minimum atomic E-state index is -0.713. The number of hydrogen-bond donors (Lipinski definition) is 0. The van der Waals surface area contributed by atoms with E-state index >= 15 is 0 Å². The molecule has 0 aliphatic heterocycles. The number of furan rings is 1. The molecule has 0 aliphatic carbocycles. The molecule has 0 saturated carbocycles. The predicted octanol–water partition coefficient (Wildman–Crippen LogP) is -0.771. The number of ether oxygens (including phenoxy) is 1. The normalized spacial score (nSPS) is 11.0. The number of hydrogen-bond acceptors (Lipinski definition) is 7. The first-order valence-corrected chi connectivity index (χ1v) is 8.32. The predicted molar refractivity (Wildman–Crippen MR) is 96.4 cm³/mol. The van der Waals surface area contributed by atoms with Crippen molar-refractivity contribution in [3.63, 3.8) is 0 Å².